The van der Waals surface area contributed by atoms with Crippen LogP contribution in [-0.2, 0) is 0 Å². The van der Waals surface area contributed by atoms with Crippen molar-refractivity contribution in [2.45, 2.75) is 174 Å². The first-order valence-corrected chi connectivity index (χ1v) is 14.1. The summed E-state index contributed by atoms with van der Waals surface area (Å²) in [5.41, 5.74) is 1.05. The SMILES string of the molecule is CCCCCCCCCCCCCCC(CCCCCCCCCCCCC)=[NH+][O-]. The Labute approximate surface area is 190 Å². The van der Waals surface area contributed by atoms with Gasteiger partial charge in [-0.2, -0.15) is 0 Å². The summed E-state index contributed by atoms with van der Waals surface area (Å²) in [5.74, 6) is 0. The molecule has 0 aliphatic rings. The molecule has 2 nitrogen and oxygen atoms in total. The molecule has 0 aliphatic heterocycles. The lowest BCUT2D eigenvalue weighted by molar-refractivity contribution is -0.376. The maximum Gasteiger partial charge on any atom is 0.161 e. The van der Waals surface area contributed by atoms with Gasteiger partial charge in [0.25, 0.3) is 0 Å². The quantitative estimate of drug-likeness (QED) is 0.0677. The molecule has 0 atom stereocenters. The Morgan fingerprint density at radius 1 is 0.400 bits per heavy atom. The smallest absolute Gasteiger partial charge is 0.161 e. The molecule has 0 bridgehead atoms. The van der Waals surface area contributed by atoms with Crippen LogP contribution in [0.3, 0.4) is 0 Å². The maximum atomic E-state index is 11.2. The Morgan fingerprint density at radius 2 is 0.633 bits per heavy atom. The molecule has 0 rings (SSSR count). The lowest BCUT2D eigenvalue weighted by Crippen LogP contribution is -2.65. The molecule has 0 heterocycles. The van der Waals surface area contributed by atoms with Gasteiger partial charge < -0.3 is 5.21 Å². The summed E-state index contributed by atoms with van der Waals surface area (Å²) in [4.78, 5) is 0. The van der Waals surface area contributed by atoms with Gasteiger partial charge in [0, 0.05) is 12.8 Å². The van der Waals surface area contributed by atoms with E-state index in [4.69, 9.17) is 0 Å². The molecule has 0 saturated carbocycles. The molecule has 0 radical (unpaired) electrons. The number of nitrogens with one attached hydrogen (secondary N) is 1. The summed E-state index contributed by atoms with van der Waals surface area (Å²) in [5, 5.41) is 13.4. The number of hydrogen-bond acceptors (Lipinski definition) is 1. The minimum atomic E-state index is 0.999. The van der Waals surface area contributed by atoms with Crippen molar-refractivity contribution >= 4 is 5.71 Å². The molecule has 0 saturated heterocycles. The third-order valence-corrected chi connectivity index (χ3v) is 6.56. The van der Waals surface area contributed by atoms with Crippen molar-refractivity contribution < 1.29 is 5.16 Å². The molecule has 0 fully saturated rings. The van der Waals surface area contributed by atoms with Crippen LogP contribution >= 0.6 is 0 Å². The standard InChI is InChI=1S/C28H57NO/c1-3-5-7-9-11-13-15-17-19-21-23-25-27-28(29-30)26-24-22-20-18-16-14-12-10-8-6-4-2/h29H,3-27H2,1-2H3. The van der Waals surface area contributed by atoms with Crippen molar-refractivity contribution in [2.24, 2.45) is 0 Å². The van der Waals surface area contributed by atoms with Gasteiger partial charge in [-0.05, 0) is 12.8 Å². The third kappa shape index (κ3) is 23.7. The zero-order valence-electron chi connectivity index (χ0n) is 21.1. The molecular weight excluding hydrogens is 366 g/mol. The Kier molecular flexibility index (Phi) is 26.0. The lowest BCUT2D eigenvalue weighted by Gasteiger charge is -2.05. The fourth-order valence-corrected chi connectivity index (χ4v) is 4.41. The Hall–Kier alpha value is -0.530. The molecular formula is C28H57NO. The van der Waals surface area contributed by atoms with Crippen LogP contribution in [-0.4, -0.2) is 5.71 Å². The van der Waals surface area contributed by atoms with Crippen molar-refractivity contribution in [3.05, 3.63) is 5.21 Å². The predicted octanol–water partition coefficient (Wildman–Crippen LogP) is 8.80. The van der Waals surface area contributed by atoms with Crippen LogP contribution in [0.15, 0.2) is 0 Å². The molecule has 0 aliphatic carbocycles. The summed E-state index contributed by atoms with van der Waals surface area (Å²) in [6.07, 6.45) is 33.6. The van der Waals surface area contributed by atoms with Gasteiger partial charge in [-0.15, -0.1) is 0 Å². The Morgan fingerprint density at radius 3 is 0.867 bits per heavy atom. The highest BCUT2D eigenvalue weighted by molar-refractivity contribution is 5.78. The van der Waals surface area contributed by atoms with Gasteiger partial charge in [-0.25, -0.2) is 5.16 Å². The van der Waals surface area contributed by atoms with Crippen molar-refractivity contribution in [1.82, 2.24) is 0 Å². The van der Waals surface area contributed by atoms with Crippen molar-refractivity contribution in [3.63, 3.8) is 0 Å². The second kappa shape index (κ2) is 26.5. The summed E-state index contributed by atoms with van der Waals surface area (Å²) < 4.78 is 0. The normalized spacial score (nSPS) is 12.0. The van der Waals surface area contributed by atoms with Gasteiger partial charge in [0.15, 0.2) is 5.71 Å². The van der Waals surface area contributed by atoms with E-state index in [9.17, 15) is 5.21 Å². The van der Waals surface area contributed by atoms with E-state index in [1.54, 1.807) is 0 Å². The number of unbranched alkanes of at least 4 members (excludes halogenated alkanes) is 21. The van der Waals surface area contributed by atoms with Gasteiger partial charge in [-0.3, -0.25) is 0 Å². The summed E-state index contributed by atoms with van der Waals surface area (Å²) in [6.45, 7) is 4.57. The van der Waals surface area contributed by atoms with Crippen LogP contribution in [0.1, 0.15) is 174 Å². The van der Waals surface area contributed by atoms with E-state index in [-0.39, 0.29) is 0 Å². The summed E-state index contributed by atoms with van der Waals surface area (Å²) in [6, 6.07) is 0. The molecule has 180 valence electrons. The minimum Gasteiger partial charge on any atom is -0.625 e. The first-order chi connectivity index (χ1) is 14.8. The highest BCUT2D eigenvalue weighted by atomic mass is 16.4. The first kappa shape index (κ1) is 29.5. The summed E-state index contributed by atoms with van der Waals surface area (Å²) >= 11 is 0. The molecule has 0 unspecified atom stereocenters. The number of hydrogen-bond donors (Lipinski definition) is 1. The van der Waals surface area contributed by atoms with E-state index in [1.165, 1.54) is 148 Å². The predicted molar refractivity (Wildman–Crippen MR) is 136 cm³/mol. The molecule has 0 spiro atoms. The van der Waals surface area contributed by atoms with Gasteiger partial charge in [-0.1, -0.05) is 149 Å². The van der Waals surface area contributed by atoms with Crippen LogP contribution in [0.5, 0.6) is 0 Å². The summed E-state index contributed by atoms with van der Waals surface area (Å²) in [7, 11) is 0. The second-order valence-corrected chi connectivity index (χ2v) is 9.63. The highest BCUT2D eigenvalue weighted by Crippen LogP contribution is 2.14. The van der Waals surface area contributed by atoms with Crippen molar-refractivity contribution in [3.8, 4) is 0 Å². The van der Waals surface area contributed by atoms with Gasteiger partial charge >= 0.3 is 0 Å². The van der Waals surface area contributed by atoms with E-state index in [0.717, 1.165) is 18.6 Å². The molecule has 0 amide bonds. The molecule has 0 aromatic rings. The molecule has 0 aromatic carbocycles. The van der Waals surface area contributed by atoms with Crippen molar-refractivity contribution in [1.29, 1.82) is 0 Å². The first-order valence-electron chi connectivity index (χ1n) is 14.1. The van der Waals surface area contributed by atoms with E-state index >= 15 is 0 Å². The largest absolute Gasteiger partial charge is 0.625 e. The topological polar surface area (TPSA) is 37.0 Å². The number of rotatable bonds is 25. The van der Waals surface area contributed by atoms with Crippen LogP contribution < -0.4 is 5.16 Å². The zero-order valence-corrected chi connectivity index (χ0v) is 21.1. The minimum absolute atomic E-state index is 0.999. The fraction of sp³-hybridized carbons (Fsp3) is 0.964. The lowest BCUT2D eigenvalue weighted by atomic mass is 10.0. The fourth-order valence-electron chi connectivity index (χ4n) is 4.41. The maximum absolute atomic E-state index is 11.2. The van der Waals surface area contributed by atoms with Crippen LogP contribution in [0.25, 0.3) is 0 Å². The second-order valence-electron chi connectivity index (χ2n) is 9.63. The van der Waals surface area contributed by atoms with Crippen LogP contribution in [0.4, 0.5) is 0 Å². The van der Waals surface area contributed by atoms with E-state index < -0.39 is 0 Å². The highest BCUT2D eigenvalue weighted by Gasteiger charge is 2.04. The van der Waals surface area contributed by atoms with E-state index in [0.29, 0.717) is 0 Å². The Balaban J connectivity index is 3.29. The average Bonchev–Trinajstić information content (AvgIpc) is 2.76. The molecule has 0 aromatic heterocycles. The average molecular weight is 424 g/mol. The third-order valence-electron chi connectivity index (χ3n) is 6.56. The molecule has 1 N–H and O–H groups in total. The van der Waals surface area contributed by atoms with E-state index in [2.05, 4.69) is 19.0 Å². The van der Waals surface area contributed by atoms with Gasteiger partial charge in [0.05, 0.1) is 0 Å². The Bertz CT molecular complexity index is 340. The van der Waals surface area contributed by atoms with Crippen LogP contribution in [0.2, 0.25) is 0 Å². The zero-order chi connectivity index (χ0) is 22.0. The van der Waals surface area contributed by atoms with E-state index in [1.807, 2.05) is 0 Å². The van der Waals surface area contributed by atoms with Gasteiger partial charge in [0.2, 0.25) is 0 Å². The van der Waals surface area contributed by atoms with Crippen molar-refractivity contribution in [2.75, 3.05) is 0 Å². The van der Waals surface area contributed by atoms with Crippen LogP contribution in [0, 0.1) is 5.21 Å². The molecule has 30 heavy (non-hydrogen) atoms. The monoisotopic (exact) mass is 423 g/mol. The molecule has 2 heteroatoms. The van der Waals surface area contributed by atoms with Gasteiger partial charge in [0.1, 0.15) is 0 Å².